The molecule has 11 nitrogen and oxygen atoms in total. The highest BCUT2D eigenvalue weighted by Gasteiger charge is 2.30. The molecule has 1 saturated carbocycles. The van der Waals surface area contributed by atoms with E-state index in [-0.39, 0.29) is 29.8 Å². The predicted molar refractivity (Wildman–Crippen MR) is 170 cm³/mol. The molecule has 1 aliphatic carbocycles. The van der Waals surface area contributed by atoms with E-state index in [1.54, 1.807) is 6.20 Å². The lowest BCUT2D eigenvalue weighted by Gasteiger charge is -2.38. The number of nitrogens with one attached hydrogen (secondary N) is 3. The molecular formula is C33H41F2N7O4. The number of carbonyl (C=O) groups is 1. The molecular weight excluding hydrogens is 596 g/mol. The Morgan fingerprint density at radius 3 is 2.61 bits per heavy atom. The Morgan fingerprint density at radius 1 is 1.02 bits per heavy atom. The fourth-order valence-electron chi connectivity index (χ4n) is 5.60. The molecule has 0 radical (unpaired) electrons. The van der Waals surface area contributed by atoms with E-state index in [2.05, 4.69) is 30.6 Å². The number of pyridine rings is 1. The van der Waals surface area contributed by atoms with Gasteiger partial charge in [-0.2, -0.15) is 0 Å². The second-order valence-corrected chi connectivity index (χ2v) is 11.1. The molecule has 5 rings (SSSR count). The summed E-state index contributed by atoms with van der Waals surface area (Å²) in [6.07, 6.45) is 6.93. The summed E-state index contributed by atoms with van der Waals surface area (Å²) in [5, 5.41) is 6.77. The smallest absolute Gasteiger partial charge is 0.318 e. The van der Waals surface area contributed by atoms with Gasteiger partial charge < -0.3 is 34.7 Å². The summed E-state index contributed by atoms with van der Waals surface area (Å²) < 4.78 is 45.2. The van der Waals surface area contributed by atoms with Crippen molar-refractivity contribution >= 4 is 22.9 Å². The molecule has 1 aromatic carbocycles. The van der Waals surface area contributed by atoms with Gasteiger partial charge in [0.1, 0.15) is 11.5 Å². The lowest BCUT2D eigenvalue weighted by atomic mass is 9.89. The second-order valence-electron chi connectivity index (χ2n) is 11.1. The van der Waals surface area contributed by atoms with Gasteiger partial charge in [0, 0.05) is 48.9 Å². The maximum Gasteiger partial charge on any atom is 0.318 e. The van der Waals surface area contributed by atoms with Crippen LogP contribution in [-0.4, -0.2) is 89.1 Å². The number of carbonyl (C=O) groups excluding carboxylic acids is 1. The summed E-state index contributed by atoms with van der Waals surface area (Å²) in [6, 6.07) is 10.8. The van der Waals surface area contributed by atoms with Gasteiger partial charge in [-0.1, -0.05) is 30.3 Å². The number of amides is 2. The number of aromatic amines is 1. The molecule has 0 unspecified atom stereocenters. The predicted octanol–water partition coefficient (Wildman–Crippen LogP) is 5.30. The topological polar surface area (TPSA) is 127 Å². The minimum atomic E-state index is -0.589. The molecule has 46 heavy (non-hydrogen) atoms. The highest BCUT2D eigenvalue weighted by molar-refractivity contribution is 5.91. The molecule has 3 aromatic heterocycles. The number of hydrogen-bond donors (Lipinski definition) is 3. The van der Waals surface area contributed by atoms with Crippen LogP contribution in [-0.2, 0) is 20.8 Å². The van der Waals surface area contributed by atoms with Crippen molar-refractivity contribution in [2.24, 2.45) is 0 Å². The SMILES string of the molecule is CCOCCOCCOCCNC(=O)N(Cc1ccccc1)[C@@H]1CCC[C@H](Nc2nc(-c3c[nH]c4ncc(F)cc34)ncc2F)C1. The summed E-state index contributed by atoms with van der Waals surface area (Å²) in [5.74, 6) is -0.766. The number of aromatic nitrogens is 4. The third-order valence-electron chi connectivity index (χ3n) is 7.84. The molecule has 13 heteroatoms. The lowest BCUT2D eigenvalue weighted by molar-refractivity contribution is 0.0176. The molecule has 4 aromatic rings. The van der Waals surface area contributed by atoms with Crippen molar-refractivity contribution in [1.82, 2.24) is 30.2 Å². The standard InChI is InChI=1S/C33H41F2N7O4/c1-2-44-13-14-46-16-15-45-12-11-36-33(43)42(22-23-7-4-3-5-8-23)26-10-6-9-25(18-26)40-32-29(35)21-39-31(41-32)28-20-38-30-27(28)17-24(34)19-37-30/h3-5,7-8,17,19-21,25-26H,2,6,9-16,18,22H2,1H3,(H,36,43)(H,37,38)(H,39,40,41)/t25-,26+/m0/s1. The van der Waals surface area contributed by atoms with Gasteiger partial charge in [-0.25, -0.2) is 28.5 Å². The fraction of sp³-hybridized carbons (Fsp3) is 0.455. The van der Waals surface area contributed by atoms with Gasteiger partial charge in [-0.15, -0.1) is 0 Å². The average Bonchev–Trinajstić information content (AvgIpc) is 3.49. The Balaban J connectivity index is 1.20. The zero-order valence-corrected chi connectivity index (χ0v) is 26.0. The Kier molecular flexibility index (Phi) is 12.2. The first-order valence-electron chi connectivity index (χ1n) is 15.8. The number of hydrogen-bond acceptors (Lipinski definition) is 8. The van der Waals surface area contributed by atoms with E-state index in [1.807, 2.05) is 42.2 Å². The zero-order valence-electron chi connectivity index (χ0n) is 26.0. The molecule has 0 aliphatic heterocycles. The Morgan fingerprint density at radius 2 is 1.80 bits per heavy atom. The Bertz CT molecular complexity index is 1540. The fourth-order valence-corrected chi connectivity index (χ4v) is 5.60. The van der Waals surface area contributed by atoms with Crippen molar-refractivity contribution in [2.75, 3.05) is 51.5 Å². The maximum absolute atomic E-state index is 15.0. The van der Waals surface area contributed by atoms with Crippen molar-refractivity contribution in [3.63, 3.8) is 0 Å². The first kappa shape index (κ1) is 33.2. The van der Waals surface area contributed by atoms with Crippen LogP contribution in [0.2, 0.25) is 0 Å². The first-order chi connectivity index (χ1) is 22.5. The zero-order chi connectivity index (χ0) is 32.1. The van der Waals surface area contributed by atoms with Crippen LogP contribution in [0.4, 0.5) is 19.4 Å². The largest absolute Gasteiger partial charge is 0.379 e. The number of urea groups is 1. The van der Waals surface area contributed by atoms with Crippen LogP contribution in [0.5, 0.6) is 0 Å². The summed E-state index contributed by atoms with van der Waals surface area (Å²) in [7, 11) is 0. The van der Waals surface area contributed by atoms with E-state index in [1.165, 1.54) is 6.07 Å². The van der Waals surface area contributed by atoms with Crippen LogP contribution >= 0.6 is 0 Å². The third-order valence-corrected chi connectivity index (χ3v) is 7.84. The molecule has 1 aliphatic rings. The summed E-state index contributed by atoms with van der Waals surface area (Å²) >= 11 is 0. The van der Waals surface area contributed by atoms with Crippen LogP contribution in [0.1, 0.15) is 38.2 Å². The first-order valence-corrected chi connectivity index (χ1v) is 15.8. The minimum absolute atomic E-state index is 0.0624. The number of rotatable bonds is 16. The molecule has 246 valence electrons. The van der Waals surface area contributed by atoms with Crippen molar-refractivity contribution < 1.29 is 27.8 Å². The summed E-state index contributed by atoms with van der Waals surface area (Å²) in [6.45, 7) is 5.74. The van der Waals surface area contributed by atoms with Crippen LogP contribution < -0.4 is 10.6 Å². The highest BCUT2D eigenvalue weighted by Crippen LogP contribution is 2.30. The monoisotopic (exact) mass is 637 g/mol. The molecule has 2 atom stereocenters. The van der Waals surface area contributed by atoms with Gasteiger partial charge in [-0.3, -0.25) is 0 Å². The average molecular weight is 638 g/mol. The summed E-state index contributed by atoms with van der Waals surface area (Å²) in [4.78, 5) is 31.0. The van der Waals surface area contributed by atoms with Crippen molar-refractivity contribution in [2.45, 2.75) is 51.2 Å². The number of H-pyrrole nitrogens is 1. The molecule has 0 spiro atoms. The maximum atomic E-state index is 15.0. The van der Waals surface area contributed by atoms with E-state index in [0.717, 1.165) is 37.2 Å². The molecule has 0 bridgehead atoms. The number of nitrogens with zero attached hydrogens (tertiary/aromatic N) is 4. The minimum Gasteiger partial charge on any atom is -0.379 e. The molecule has 1 fully saturated rings. The molecule has 3 N–H and O–H groups in total. The quantitative estimate of drug-likeness (QED) is 0.141. The van der Waals surface area contributed by atoms with Gasteiger partial charge >= 0.3 is 6.03 Å². The lowest BCUT2D eigenvalue weighted by Crippen LogP contribution is -2.49. The Hall–Kier alpha value is -4.20. The van der Waals surface area contributed by atoms with Crippen molar-refractivity contribution in [3.05, 3.63) is 72.2 Å². The van der Waals surface area contributed by atoms with E-state index in [0.29, 0.717) is 75.7 Å². The number of halogens is 2. The van der Waals surface area contributed by atoms with E-state index >= 15 is 0 Å². The van der Waals surface area contributed by atoms with E-state index < -0.39 is 11.6 Å². The van der Waals surface area contributed by atoms with Crippen LogP contribution in [0.3, 0.4) is 0 Å². The molecule has 2 amide bonds. The molecule has 3 heterocycles. The van der Waals surface area contributed by atoms with Gasteiger partial charge in [-0.05, 0) is 44.2 Å². The second kappa shape index (κ2) is 16.9. The van der Waals surface area contributed by atoms with Gasteiger partial charge in [0.05, 0.1) is 45.4 Å². The third kappa shape index (κ3) is 9.18. The normalized spacial score (nSPS) is 16.4. The van der Waals surface area contributed by atoms with Crippen LogP contribution in [0, 0.1) is 11.6 Å². The Labute approximate surface area is 267 Å². The van der Waals surface area contributed by atoms with Crippen LogP contribution in [0.25, 0.3) is 22.4 Å². The van der Waals surface area contributed by atoms with E-state index in [9.17, 15) is 13.6 Å². The number of ether oxygens (including phenoxy) is 3. The van der Waals surface area contributed by atoms with Crippen molar-refractivity contribution in [3.8, 4) is 11.4 Å². The van der Waals surface area contributed by atoms with Crippen molar-refractivity contribution in [1.29, 1.82) is 0 Å². The number of fused-ring (bicyclic) bond motifs is 1. The van der Waals surface area contributed by atoms with Crippen LogP contribution in [0.15, 0.2) is 55.0 Å². The molecule has 0 saturated heterocycles. The van der Waals surface area contributed by atoms with Gasteiger partial charge in [0.15, 0.2) is 17.5 Å². The van der Waals surface area contributed by atoms with Gasteiger partial charge in [0.25, 0.3) is 0 Å². The number of anilines is 1. The van der Waals surface area contributed by atoms with E-state index in [4.69, 9.17) is 14.2 Å². The number of benzene rings is 1. The summed E-state index contributed by atoms with van der Waals surface area (Å²) in [5.41, 5.74) is 2.03. The highest BCUT2D eigenvalue weighted by atomic mass is 19.1. The van der Waals surface area contributed by atoms with Gasteiger partial charge in [0.2, 0.25) is 0 Å².